The van der Waals surface area contributed by atoms with Crippen LogP contribution in [-0.4, -0.2) is 38.7 Å². The molecule has 0 aliphatic heterocycles. The number of hydrogen-bond acceptors (Lipinski definition) is 4. The van der Waals surface area contributed by atoms with Crippen molar-refractivity contribution in [1.82, 2.24) is 19.7 Å². The molecule has 0 radical (unpaired) electrons. The van der Waals surface area contributed by atoms with E-state index in [0.717, 1.165) is 25.2 Å². The molecule has 27 heavy (non-hydrogen) atoms. The first-order valence-corrected chi connectivity index (χ1v) is 8.88. The van der Waals surface area contributed by atoms with Crippen LogP contribution >= 0.6 is 0 Å². The molecule has 1 heterocycles. The van der Waals surface area contributed by atoms with E-state index in [1.165, 1.54) is 23.4 Å². The van der Waals surface area contributed by atoms with E-state index in [2.05, 4.69) is 34.1 Å². The van der Waals surface area contributed by atoms with Crippen LogP contribution in [0.4, 0.5) is 10.1 Å². The van der Waals surface area contributed by atoms with E-state index < -0.39 is 5.82 Å². The topological polar surface area (TPSA) is 63.1 Å². The number of benzene rings is 2. The molecule has 0 bridgehead atoms. The summed E-state index contributed by atoms with van der Waals surface area (Å²) in [7, 11) is 0. The van der Waals surface area contributed by atoms with E-state index in [9.17, 15) is 9.18 Å². The molecule has 0 saturated carbocycles. The van der Waals surface area contributed by atoms with Crippen molar-refractivity contribution in [2.75, 3.05) is 18.4 Å². The molecule has 0 atom stereocenters. The van der Waals surface area contributed by atoms with Gasteiger partial charge in [0.05, 0.1) is 0 Å². The number of hydrogen-bond donors (Lipinski definition) is 1. The highest BCUT2D eigenvalue weighted by Gasteiger charge is 2.10. The lowest BCUT2D eigenvalue weighted by Gasteiger charge is -2.18. The minimum Gasteiger partial charge on any atom is -0.322 e. The summed E-state index contributed by atoms with van der Waals surface area (Å²) in [6, 6.07) is 11.9. The van der Waals surface area contributed by atoms with Crippen molar-refractivity contribution in [2.24, 2.45) is 0 Å². The van der Waals surface area contributed by atoms with Crippen molar-refractivity contribution in [2.45, 2.75) is 20.4 Å². The van der Waals surface area contributed by atoms with E-state index in [1.54, 1.807) is 24.3 Å². The Kier molecular flexibility index (Phi) is 5.93. The van der Waals surface area contributed by atoms with Crippen LogP contribution in [0.25, 0.3) is 5.69 Å². The first kappa shape index (κ1) is 18.7. The van der Waals surface area contributed by atoms with Crippen molar-refractivity contribution in [3.05, 3.63) is 72.1 Å². The van der Waals surface area contributed by atoms with Crippen LogP contribution in [0.5, 0.6) is 0 Å². The van der Waals surface area contributed by atoms with Gasteiger partial charge in [-0.25, -0.2) is 14.1 Å². The number of nitrogens with zero attached hydrogens (tertiary/aromatic N) is 4. The summed E-state index contributed by atoms with van der Waals surface area (Å²) in [4.78, 5) is 18.5. The number of aromatic nitrogens is 3. The van der Waals surface area contributed by atoms with Gasteiger partial charge >= 0.3 is 0 Å². The lowest BCUT2D eigenvalue weighted by molar-refractivity contribution is 0.102. The first-order chi connectivity index (χ1) is 13.1. The zero-order valence-corrected chi connectivity index (χ0v) is 15.4. The highest BCUT2D eigenvalue weighted by Crippen LogP contribution is 2.18. The Bertz CT molecular complexity index is 889. The zero-order valence-electron chi connectivity index (χ0n) is 15.4. The molecule has 3 aromatic rings. The SMILES string of the molecule is CCN(CC)Cc1ccc(C(=O)Nc2ccc(-n3cncn3)c(F)c2)cc1. The number of rotatable bonds is 7. The van der Waals surface area contributed by atoms with Crippen LogP contribution in [0.15, 0.2) is 55.1 Å². The van der Waals surface area contributed by atoms with Gasteiger partial charge in [0, 0.05) is 17.8 Å². The number of anilines is 1. The molecule has 6 nitrogen and oxygen atoms in total. The van der Waals surface area contributed by atoms with Gasteiger partial charge in [-0.1, -0.05) is 26.0 Å². The second kappa shape index (κ2) is 8.55. The predicted octanol–water partition coefficient (Wildman–Crippen LogP) is 3.50. The van der Waals surface area contributed by atoms with Gasteiger partial charge < -0.3 is 5.32 Å². The lowest BCUT2D eigenvalue weighted by atomic mass is 10.1. The molecule has 2 aromatic carbocycles. The van der Waals surface area contributed by atoms with Gasteiger partial charge in [-0.2, -0.15) is 5.10 Å². The Morgan fingerprint density at radius 3 is 2.48 bits per heavy atom. The molecule has 0 unspecified atom stereocenters. The Labute approximate surface area is 157 Å². The molecule has 0 saturated heterocycles. The first-order valence-electron chi connectivity index (χ1n) is 8.88. The molecule has 1 aromatic heterocycles. The quantitative estimate of drug-likeness (QED) is 0.694. The summed E-state index contributed by atoms with van der Waals surface area (Å²) in [5.41, 5.74) is 2.33. The third kappa shape index (κ3) is 4.57. The number of halogens is 1. The number of nitrogens with one attached hydrogen (secondary N) is 1. The number of carbonyl (C=O) groups is 1. The van der Waals surface area contributed by atoms with E-state index in [4.69, 9.17) is 0 Å². The fourth-order valence-corrected chi connectivity index (χ4v) is 2.77. The Morgan fingerprint density at radius 1 is 1.15 bits per heavy atom. The van der Waals surface area contributed by atoms with Crippen molar-refractivity contribution >= 4 is 11.6 Å². The molecule has 140 valence electrons. The van der Waals surface area contributed by atoms with Gasteiger partial charge in [-0.3, -0.25) is 9.69 Å². The second-order valence-electron chi connectivity index (χ2n) is 6.12. The van der Waals surface area contributed by atoms with Gasteiger partial charge in [0.1, 0.15) is 18.3 Å². The van der Waals surface area contributed by atoms with Gasteiger partial charge in [0.15, 0.2) is 5.82 Å². The van der Waals surface area contributed by atoms with Crippen LogP contribution in [0.3, 0.4) is 0 Å². The fraction of sp³-hybridized carbons (Fsp3) is 0.250. The highest BCUT2D eigenvalue weighted by molar-refractivity contribution is 6.04. The summed E-state index contributed by atoms with van der Waals surface area (Å²) in [6.07, 6.45) is 2.75. The summed E-state index contributed by atoms with van der Waals surface area (Å²) in [5, 5.41) is 6.62. The van der Waals surface area contributed by atoms with Crippen molar-refractivity contribution in [3.8, 4) is 5.69 Å². The molecule has 0 spiro atoms. The normalized spacial score (nSPS) is 11.0. The minimum absolute atomic E-state index is 0.270. The van der Waals surface area contributed by atoms with E-state index >= 15 is 0 Å². The summed E-state index contributed by atoms with van der Waals surface area (Å²) < 4.78 is 15.6. The van der Waals surface area contributed by atoms with Crippen LogP contribution in [0.2, 0.25) is 0 Å². The van der Waals surface area contributed by atoms with Crippen LogP contribution < -0.4 is 5.32 Å². The molecule has 7 heteroatoms. The molecular formula is C20H22FN5O. The highest BCUT2D eigenvalue weighted by atomic mass is 19.1. The van der Waals surface area contributed by atoms with Crippen molar-refractivity contribution in [3.63, 3.8) is 0 Å². The summed E-state index contributed by atoms with van der Waals surface area (Å²) in [6.45, 7) is 7.06. The van der Waals surface area contributed by atoms with Crippen LogP contribution in [0, 0.1) is 5.82 Å². The Hall–Kier alpha value is -3.06. The average Bonchev–Trinajstić information content (AvgIpc) is 3.21. The molecule has 0 aliphatic carbocycles. The minimum atomic E-state index is -0.493. The van der Waals surface area contributed by atoms with E-state index in [1.807, 2.05) is 12.1 Å². The maximum absolute atomic E-state index is 14.3. The molecule has 1 amide bonds. The number of amides is 1. The second-order valence-corrected chi connectivity index (χ2v) is 6.12. The smallest absolute Gasteiger partial charge is 0.255 e. The van der Waals surface area contributed by atoms with Crippen molar-refractivity contribution in [1.29, 1.82) is 0 Å². The Morgan fingerprint density at radius 2 is 1.89 bits per heavy atom. The summed E-state index contributed by atoms with van der Waals surface area (Å²) >= 11 is 0. The van der Waals surface area contributed by atoms with E-state index in [0.29, 0.717) is 11.3 Å². The standard InChI is InChI=1S/C20H22FN5O/c1-3-25(4-2)12-15-5-7-16(8-6-15)20(27)24-17-9-10-19(18(21)11-17)26-14-22-13-23-26/h5-11,13-14H,3-4,12H2,1-2H3,(H,24,27). The molecular weight excluding hydrogens is 345 g/mol. The Balaban J connectivity index is 1.67. The fourth-order valence-electron chi connectivity index (χ4n) is 2.77. The average molecular weight is 367 g/mol. The lowest BCUT2D eigenvalue weighted by Crippen LogP contribution is -2.22. The van der Waals surface area contributed by atoms with Gasteiger partial charge in [0.2, 0.25) is 0 Å². The molecule has 3 rings (SSSR count). The summed E-state index contributed by atoms with van der Waals surface area (Å²) in [5.74, 6) is -0.773. The van der Waals surface area contributed by atoms with Gasteiger partial charge in [-0.05, 0) is 49.0 Å². The van der Waals surface area contributed by atoms with Crippen molar-refractivity contribution < 1.29 is 9.18 Å². The van der Waals surface area contributed by atoms with Gasteiger partial charge in [-0.15, -0.1) is 0 Å². The number of carbonyl (C=O) groups excluding carboxylic acids is 1. The monoisotopic (exact) mass is 367 g/mol. The van der Waals surface area contributed by atoms with Crippen LogP contribution in [0.1, 0.15) is 29.8 Å². The third-order valence-electron chi connectivity index (χ3n) is 4.39. The molecule has 1 N–H and O–H groups in total. The maximum Gasteiger partial charge on any atom is 0.255 e. The van der Waals surface area contributed by atoms with Crippen LogP contribution in [-0.2, 0) is 6.54 Å². The largest absolute Gasteiger partial charge is 0.322 e. The maximum atomic E-state index is 14.3. The zero-order chi connectivity index (χ0) is 19.2. The molecule has 0 aliphatic rings. The predicted molar refractivity (Wildman–Crippen MR) is 102 cm³/mol. The molecule has 0 fully saturated rings. The third-order valence-corrected chi connectivity index (χ3v) is 4.39. The van der Waals surface area contributed by atoms with Gasteiger partial charge in [0.25, 0.3) is 5.91 Å². The van der Waals surface area contributed by atoms with E-state index in [-0.39, 0.29) is 11.6 Å².